The Hall–Kier alpha value is -2.16. The largest absolute Gasteiger partial charge is 0.375 e. The molecule has 1 atom stereocenters. The molecule has 0 aliphatic carbocycles. The molecule has 0 radical (unpaired) electrons. The molecule has 29 heavy (non-hydrogen) atoms. The number of ether oxygens (including phenoxy) is 1. The zero-order valence-corrected chi connectivity index (χ0v) is 17.2. The number of nitrogens with zero attached hydrogens (tertiary/aromatic N) is 3. The topological polar surface area (TPSA) is 92.2 Å². The maximum Gasteiger partial charge on any atom is 0.343 e. The van der Waals surface area contributed by atoms with Crippen molar-refractivity contribution in [3.63, 3.8) is 0 Å². The SMILES string of the molecule is Cl.O=C(CC1CNCCO1)N1CCC(c2n[nH]c(=O)n2Cc2ccccc2)CC1. The third-order valence-corrected chi connectivity index (χ3v) is 5.59. The lowest BCUT2D eigenvalue weighted by Gasteiger charge is -2.33. The Morgan fingerprint density at radius 3 is 2.66 bits per heavy atom. The number of carbonyl (C=O) groups is 1. The molecule has 8 nitrogen and oxygen atoms in total. The fraction of sp³-hybridized carbons (Fsp3) is 0.550. The second kappa shape index (κ2) is 10.0. The van der Waals surface area contributed by atoms with Gasteiger partial charge in [0.2, 0.25) is 5.91 Å². The van der Waals surface area contributed by atoms with Gasteiger partial charge in [0.15, 0.2) is 0 Å². The monoisotopic (exact) mass is 421 g/mol. The second-order valence-electron chi connectivity index (χ2n) is 7.51. The van der Waals surface area contributed by atoms with Crippen molar-refractivity contribution in [1.29, 1.82) is 0 Å². The van der Waals surface area contributed by atoms with Gasteiger partial charge in [-0.1, -0.05) is 30.3 Å². The number of halogens is 1. The smallest absolute Gasteiger partial charge is 0.343 e. The molecule has 158 valence electrons. The Bertz CT molecular complexity index is 839. The molecule has 2 fully saturated rings. The number of likely N-dealkylation sites (tertiary alicyclic amines) is 1. The van der Waals surface area contributed by atoms with E-state index in [1.54, 1.807) is 4.57 Å². The highest BCUT2D eigenvalue weighted by Gasteiger charge is 2.29. The minimum Gasteiger partial charge on any atom is -0.375 e. The van der Waals surface area contributed by atoms with Crippen LogP contribution in [0.25, 0.3) is 0 Å². The van der Waals surface area contributed by atoms with Gasteiger partial charge in [0.25, 0.3) is 0 Å². The van der Waals surface area contributed by atoms with Crippen LogP contribution < -0.4 is 11.0 Å². The third kappa shape index (κ3) is 5.26. The molecular weight excluding hydrogens is 394 g/mol. The number of hydrogen-bond donors (Lipinski definition) is 2. The zero-order valence-electron chi connectivity index (χ0n) is 16.4. The van der Waals surface area contributed by atoms with Gasteiger partial charge in [0.05, 0.1) is 25.7 Å². The standard InChI is InChI=1S/C20H27N5O3.ClH/c26-18(12-17-13-21-8-11-28-17)24-9-6-16(7-10-24)19-22-23-20(27)25(19)14-15-4-2-1-3-5-15;/h1-5,16-17,21H,6-14H2,(H,23,27);1H. The summed E-state index contributed by atoms with van der Waals surface area (Å²) in [4.78, 5) is 26.7. The third-order valence-electron chi connectivity index (χ3n) is 5.59. The van der Waals surface area contributed by atoms with Gasteiger partial charge >= 0.3 is 5.69 Å². The first kappa shape index (κ1) is 21.5. The van der Waals surface area contributed by atoms with Gasteiger partial charge < -0.3 is 15.0 Å². The van der Waals surface area contributed by atoms with Crippen molar-refractivity contribution in [2.45, 2.75) is 37.8 Å². The lowest BCUT2D eigenvalue weighted by atomic mass is 9.95. The molecule has 2 aliphatic rings. The van der Waals surface area contributed by atoms with E-state index >= 15 is 0 Å². The van der Waals surface area contributed by atoms with Crippen molar-refractivity contribution >= 4 is 18.3 Å². The molecule has 1 aromatic heterocycles. The van der Waals surface area contributed by atoms with Crippen molar-refractivity contribution in [2.75, 3.05) is 32.8 Å². The van der Waals surface area contributed by atoms with Crippen molar-refractivity contribution in [2.24, 2.45) is 0 Å². The number of piperidine rings is 1. The average Bonchev–Trinajstić information content (AvgIpc) is 3.10. The van der Waals surface area contributed by atoms with Crippen molar-refractivity contribution in [1.82, 2.24) is 25.0 Å². The van der Waals surface area contributed by atoms with E-state index in [0.717, 1.165) is 37.3 Å². The van der Waals surface area contributed by atoms with Gasteiger partial charge in [-0.15, -0.1) is 12.4 Å². The highest BCUT2D eigenvalue weighted by molar-refractivity contribution is 5.85. The average molecular weight is 422 g/mol. The number of aromatic amines is 1. The molecule has 3 heterocycles. The Balaban J connectivity index is 0.00000240. The van der Waals surface area contributed by atoms with Crippen LogP contribution in [0.3, 0.4) is 0 Å². The van der Waals surface area contributed by atoms with E-state index in [2.05, 4.69) is 15.5 Å². The van der Waals surface area contributed by atoms with Gasteiger partial charge in [-0.3, -0.25) is 9.36 Å². The number of H-pyrrole nitrogens is 1. The number of hydrogen-bond acceptors (Lipinski definition) is 5. The summed E-state index contributed by atoms with van der Waals surface area (Å²) in [6, 6.07) is 9.91. The quantitative estimate of drug-likeness (QED) is 0.755. The molecule has 4 rings (SSSR count). The molecule has 1 unspecified atom stereocenters. The summed E-state index contributed by atoms with van der Waals surface area (Å²) in [7, 11) is 0. The predicted molar refractivity (Wildman–Crippen MR) is 111 cm³/mol. The summed E-state index contributed by atoms with van der Waals surface area (Å²) in [5.74, 6) is 1.12. The van der Waals surface area contributed by atoms with Crippen molar-refractivity contribution < 1.29 is 9.53 Å². The normalized spacial score (nSPS) is 20.3. The van der Waals surface area contributed by atoms with Crippen LogP contribution in [0.2, 0.25) is 0 Å². The van der Waals surface area contributed by atoms with E-state index in [0.29, 0.717) is 32.7 Å². The van der Waals surface area contributed by atoms with Crippen LogP contribution in [-0.2, 0) is 16.1 Å². The van der Waals surface area contributed by atoms with Crippen molar-refractivity contribution in [3.05, 3.63) is 52.2 Å². The summed E-state index contributed by atoms with van der Waals surface area (Å²) in [5.41, 5.74) is 0.889. The molecule has 0 bridgehead atoms. The molecule has 2 aliphatic heterocycles. The Labute approximate surface area is 176 Å². The first-order valence-electron chi connectivity index (χ1n) is 10.00. The Morgan fingerprint density at radius 1 is 1.21 bits per heavy atom. The van der Waals surface area contributed by atoms with Gasteiger partial charge in [0, 0.05) is 32.1 Å². The Morgan fingerprint density at radius 2 is 1.97 bits per heavy atom. The molecule has 2 N–H and O–H groups in total. The van der Waals surface area contributed by atoms with E-state index < -0.39 is 0 Å². The van der Waals surface area contributed by atoms with Crippen LogP contribution >= 0.6 is 12.4 Å². The van der Waals surface area contributed by atoms with E-state index in [4.69, 9.17) is 4.74 Å². The summed E-state index contributed by atoms with van der Waals surface area (Å²) >= 11 is 0. The lowest BCUT2D eigenvalue weighted by Crippen LogP contribution is -2.44. The number of aromatic nitrogens is 3. The van der Waals surface area contributed by atoms with Crippen LogP contribution in [0.15, 0.2) is 35.1 Å². The molecule has 9 heteroatoms. The van der Waals surface area contributed by atoms with Crippen LogP contribution in [0.4, 0.5) is 0 Å². The molecule has 0 saturated carbocycles. The predicted octanol–water partition coefficient (Wildman–Crippen LogP) is 1.13. The van der Waals surface area contributed by atoms with Crippen LogP contribution in [-0.4, -0.2) is 64.5 Å². The van der Waals surface area contributed by atoms with E-state index in [1.165, 1.54) is 0 Å². The molecule has 2 saturated heterocycles. The first-order valence-corrected chi connectivity index (χ1v) is 10.00. The number of rotatable bonds is 5. The molecule has 1 aromatic carbocycles. The molecule has 2 aromatic rings. The highest BCUT2D eigenvalue weighted by atomic mass is 35.5. The van der Waals surface area contributed by atoms with Gasteiger partial charge in [0.1, 0.15) is 5.82 Å². The van der Waals surface area contributed by atoms with Crippen LogP contribution in [0, 0.1) is 0 Å². The summed E-state index contributed by atoms with van der Waals surface area (Å²) in [5, 5.41) is 10.1. The minimum absolute atomic E-state index is 0. The summed E-state index contributed by atoms with van der Waals surface area (Å²) < 4.78 is 7.36. The van der Waals surface area contributed by atoms with Crippen LogP contribution in [0.5, 0.6) is 0 Å². The van der Waals surface area contributed by atoms with Gasteiger partial charge in [-0.25, -0.2) is 9.89 Å². The maximum atomic E-state index is 12.6. The van der Waals surface area contributed by atoms with Crippen molar-refractivity contribution in [3.8, 4) is 0 Å². The van der Waals surface area contributed by atoms with Crippen LogP contribution in [0.1, 0.15) is 36.6 Å². The number of benzene rings is 1. The van der Waals surface area contributed by atoms with E-state index in [9.17, 15) is 9.59 Å². The second-order valence-corrected chi connectivity index (χ2v) is 7.51. The molecule has 0 spiro atoms. The number of morpholine rings is 1. The lowest BCUT2D eigenvalue weighted by molar-refractivity contribution is -0.135. The first-order chi connectivity index (χ1) is 13.7. The highest BCUT2D eigenvalue weighted by Crippen LogP contribution is 2.27. The maximum absolute atomic E-state index is 12.6. The number of carbonyl (C=O) groups excluding carboxylic acids is 1. The fourth-order valence-corrected chi connectivity index (χ4v) is 4.02. The number of nitrogens with one attached hydrogen (secondary N) is 2. The van der Waals surface area contributed by atoms with E-state index in [-0.39, 0.29) is 36.0 Å². The zero-order chi connectivity index (χ0) is 19.3. The Kier molecular flexibility index (Phi) is 7.46. The van der Waals surface area contributed by atoms with Gasteiger partial charge in [-0.2, -0.15) is 5.10 Å². The minimum atomic E-state index is -0.181. The number of amides is 1. The summed E-state index contributed by atoms with van der Waals surface area (Å²) in [6.45, 7) is 4.15. The summed E-state index contributed by atoms with van der Waals surface area (Å²) in [6.07, 6.45) is 2.03. The fourth-order valence-electron chi connectivity index (χ4n) is 4.02. The van der Waals surface area contributed by atoms with Gasteiger partial charge in [-0.05, 0) is 18.4 Å². The molecular formula is C20H28ClN5O3. The molecule has 1 amide bonds. The van der Waals surface area contributed by atoms with E-state index in [1.807, 2.05) is 35.2 Å².